The Morgan fingerprint density at radius 1 is 1.31 bits per heavy atom. The molecule has 13 heavy (non-hydrogen) atoms. The standard InChI is InChI=1S/C4H6N2O7/c7-2(4(8)9)1-3(5(10)11)6(12)13/h2-3,7H,1H2,(H,8,9)/t2-/m0/s1. The molecule has 9 heteroatoms. The van der Waals surface area contributed by atoms with Crippen LogP contribution in [0.15, 0.2) is 0 Å². The van der Waals surface area contributed by atoms with Crippen LogP contribution in [0.3, 0.4) is 0 Å². The second kappa shape index (κ2) is 4.30. The molecular weight excluding hydrogens is 188 g/mol. The number of carbonyl (C=O) groups is 1. The quantitative estimate of drug-likeness (QED) is 0.314. The van der Waals surface area contributed by atoms with Crippen molar-refractivity contribution in [1.29, 1.82) is 0 Å². The molecule has 0 fully saturated rings. The predicted molar refractivity (Wildman–Crippen MR) is 36.0 cm³/mol. The smallest absolute Gasteiger partial charge is 0.453 e. The van der Waals surface area contributed by atoms with E-state index in [1.807, 2.05) is 0 Å². The number of rotatable bonds is 5. The monoisotopic (exact) mass is 194 g/mol. The van der Waals surface area contributed by atoms with Crippen LogP contribution >= 0.6 is 0 Å². The van der Waals surface area contributed by atoms with Crippen molar-refractivity contribution >= 4 is 5.97 Å². The van der Waals surface area contributed by atoms with E-state index in [2.05, 4.69) is 0 Å². The van der Waals surface area contributed by atoms with Gasteiger partial charge in [-0.3, -0.25) is 20.2 Å². The van der Waals surface area contributed by atoms with Crippen molar-refractivity contribution in [3.05, 3.63) is 20.2 Å². The van der Waals surface area contributed by atoms with Crippen LogP contribution in [0.5, 0.6) is 0 Å². The van der Waals surface area contributed by atoms with Crippen LogP contribution in [0.2, 0.25) is 0 Å². The molecule has 0 saturated carbocycles. The van der Waals surface area contributed by atoms with Gasteiger partial charge in [0, 0.05) is 0 Å². The Balaban J connectivity index is 4.35. The molecule has 74 valence electrons. The van der Waals surface area contributed by atoms with E-state index in [1.54, 1.807) is 0 Å². The first-order valence-corrected chi connectivity index (χ1v) is 3.04. The average Bonchev–Trinajstić information content (AvgIpc) is 1.97. The fourth-order valence-electron chi connectivity index (χ4n) is 0.550. The molecular formula is C4H6N2O7. The Morgan fingerprint density at radius 3 is 1.92 bits per heavy atom. The largest absolute Gasteiger partial charge is 0.479 e. The van der Waals surface area contributed by atoms with Gasteiger partial charge in [-0.2, -0.15) is 0 Å². The van der Waals surface area contributed by atoms with E-state index < -0.39 is 34.5 Å². The summed E-state index contributed by atoms with van der Waals surface area (Å²) in [6.07, 6.45) is -5.43. The summed E-state index contributed by atoms with van der Waals surface area (Å²) in [5.74, 6) is -1.73. The van der Waals surface area contributed by atoms with Gasteiger partial charge in [-0.25, -0.2) is 4.79 Å². The van der Waals surface area contributed by atoms with Crippen molar-refractivity contribution in [1.82, 2.24) is 0 Å². The highest BCUT2D eigenvalue weighted by Crippen LogP contribution is 2.02. The fourth-order valence-corrected chi connectivity index (χ4v) is 0.550. The number of carboxylic acids is 1. The number of aliphatic hydroxyl groups excluding tert-OH is 1. The lowest BCUT2D eigenvalue weighted by atomic mass is 10.2. The number of carboxylic acid groups (broad SMARTS) is 1. The first-order chi connectivity index (χ1) is 5.86. The van der Waals surface area contributed by atoms with Gasteiger partial charge < -0.3 is 10.2 Å². The first-order valence-electron chi connectivity index (χ1n) is 3.04. The number of aliphatic carboxylic acids is 1. The van der Waals surface area contributed by atoms with Crippen LogP contribution in [0, 0.1) is 20.2 Å². The van der Waals surface area contributed by atoms with Crippen LogP contribution in [-0.4, -0.2) is 38.3 Å². The summed E-state index contributed by atoms with van der Waals surface area (Å²) in [7, 11) is 0. The van der Waals surface area contributed by atoms with Crippen LogP contribution in [-0.2, 0) is 4.79 Å². The molecule has 0 spiro atoms. The zero-order valence-electron chi connectivity index (χ0n) is 6.19. The van der Waals surface area contributed by atoms with Crippen molar-refractivity contribution in [2.24, 2.45) is 0 Å². The molecule has 0 heterocycles. The van der Waals surface area contributed by atoms with Crippen molar-refractivity contribution in [3.8, 4) is 0 Å². The Morgan fingerprint density at radius 2 is 1.69 bits per heavy atom. The van der Waals surface area contributed by atoms with Gasteiger partial charge in [0.2, 0.25) is 0 Å². The number of hydrogen-bond acceptors (Lipinski definition) is 6. The Kier molecular flexibility index (Phi) is 3.72. The number of aliphatic hydroxyl groups is 1. The average molecular weight is 194 g/mol. The Bertz CT molecular complexity index is 225. The Labute approximate surface area is 70.9 Å². The summed E-state index contributed by atoms with van der Waals surface area (Å²) in [6, 6.07) is 0. The van der Waals surface area contributed by atoms with E-state index in [0.29, 0.717) is 0 Å². The minimum absolute atomic E-state index is 1.05. The van der Waals surface area contributed by atoms with Gasteiger partial charge in [-0.15, -0.1) is 0 Å². The molecule has 0 aromatic heterocycles. The van der Waals surface area contributed by atoms with Gasteiger partial charge in [0.25, 0.3) is 0 Å². The molecule has 0 aromatic carbocycles. The van der Waals surface area contributed by atoms with Crippen molar-refractivity contribution in [3.63, 3.8) is 0 Å². The molecule has 0 unspecified atom stereocenters. The van der Waals surface area contributed by atoms with Gasteiger partial charge >= 0.3 is 12.1 Å². The topological polar surface area (TPSA) is 144 Å². The molecule has 1 atom stereocenters. The number of nitro groups is 2. The molecule has 0 rings (SSSR count). The van der Waals surface area contributed by atoms with Gasteiger partial charge in [-0.1, -0.05) is 0 Å². The van der Waals surface area contributed by atoms with Crippen LogP contribution in [0.25, 0.3) is 0 Å². The summed E-state index contributed by atoms with van der Waals surface area (Å²) in [4.78, 5) is 27.4. The molecule has 9 nitrogen and oxygen atoms in total. The highest BCUT2D eigenvalue weighted by Gasteiger charge is 2.37. The van der Waals surface area contributed by atoms with Crippen molar-refractivity contribution in [2.45, 2.75) is 18.7 Å². The summed E-state index contributed by atoms with van der Waals surface area (Å²) >= 11 is 0. The van der Waals surface area contributed by atoms with Gasteiger partial charge in [0.15, 0.2) is 6.10 Å². The van der Waals surface area contributed by atoms with Crippen LogP contribution in [0.1, 0.15) is 6.42 Å². The highest BCUT2D eigenvalue weighted by atomic mass is 16.7. The van der Waals surface area contributed by atoms with Gasteiger partial charge in [0.1, 0.15) is 6.42 Å². The molecule has 2 N–H and O–H groups in total. The maximum Gasteiger partial charge on any atom is 0.453 e. The molecule has 0 aliphatic heterocycles. The third kappa shape index (κ3) is 3.42. The zero-order chi connectivity index (χ0) is 10.6. The van der Waals surface area contributed by atoms with Crippen molar-refractivity contribution < 1.29 is 24.9 Å². The summed E-state index contributed by atoms with van der Waals surface area (Å²) in [5.41, 5.74) is 0. The van der Waals surface area contributed by atoms with E-state index in [9.17, 15) is 25.0 Å². The lowest BCUT2D eigenvalue weighted by Gasteiger charge is -2.04. The molecule has 0 amide bonds. The van der Waals surface area contributed by atoms with Crippen molar-refractivity contribution in [2.75, 3.05) is 0 Å². The van der Waals surface area contributed by atoms with E-state index in [1.165, 1.54) is 0 Å². The minimum atomic E-state index is -2.29. The molecule has 0 aliphatic rings. The minimum Gasteiger partial charge on any atom is -0.479 e. The summed E-state index contributed by atoms with van der Waals surface area (Å²) in [5, 5.41) is 36.6. The van der Waals surface area contributed by atoms with E-state index in [0.717, 1.165) is 0 Å². The Hall–Kier alpha value is -1.77. The van der Waals surface area contributed by atoms with E-state index >= 15 is 0 Å². The van der Waals surface area contributed by atoms with Gasteiger partial charge in [0.05, 0.1) is 9.85 Å². The first kappa shape index (κ1) is 11.2. The molecule has 0 aromatic rings. The maximum atomic E-state index is 9.98. The maximum absolute atomic E-state index is 9.98. The molecule has 0 radical (unpaired) electrons. The second-order valence-electron chi connectivity index (χ2n) is 2.14. The fraction of sp³-hybridized carbons (Fsp3) is 0.750. The van der Waals surface area contributed by atoms with E-state index in [4.69, 9.17) is 10.2 Å². The number of nitrogens with zero attached hydrogens (tertiary/aromatic N) is 2. The normalized spacial score (nSPS) is 12.5. The summed E-state index contributed by atoms with van der Waals surface area (Å²) < 4.78 is 0. The molecule has 0 aliphatic carbocycles. The number of hydrogen-bond donors (Lipinski definition) is 2. The van der Waals surface area contributed by atoms with Crippen LogP contribution in [0.4, 0.5) is 0 Å². The summed E-state index contributed by atoms with van der Waals surface area (Å²) in [6.45, 7) is 0. The predicted octanol–water partition coefficient (Wildman–Crippen LogP) is -1.30. The SMILES string of the molecule is O=C(O)[C@@H](O)CC([N+](=O)[O-])[N+](=O)[O-]. The van der Waals surface area contributed by atoms with Gasteiger partial charge in [-0.05, 0) is 0 Å². The zero-order valence-corrected chi connectivity index (χ0v) is 6.19. The highest BCUT2D eigenvalue weighted by molar-refractivity contribution is 5.71. The lowest BCUT2D eigenvalue weighted by Crippen LogP contribution is -2.35. The lowest BCUT2D eigenvalue weighted by molar-refractivity contribution is -0.743. The third-order valence-corrected chi connectivity index (χ3v) is 1.21. The van der Waals surface area contributed by atoms with Crippen LogP contribution < -0.4 is 0 Å². The molecule has 0 bridgehead atoms. The second-order valence-corrected chi connectivity index (χ2v) is 2.14. The third-order valence-electron chi connectivity index (χ3n) is 1.21. The van der Waals surface area contributed by atoms with E-state index in [-0.39, 0.29) is 0 Å². The molecule has 0 saturated heterocycles.